The Bertz CT molecular complexity index is 740. The SMILES string of the molecule is Cc1cc(Cl)c(NS(=O)(=O)c2ccc(CO)o2)cc1Cl. The summed E-state index contributed by atoms with van der Waals surface area (Å²) in [4.78, 5) is 0. The zero-order valence-electron chi connectivity index (χ0n) is 10.4. The summed E-state index contributed by atoms with van der Waals surface area (Å²) >= 11 is 11.9. The number of aliphatic hydroxyl groups is 1. The Morgan fingerprint density at radius 1 is 1.25 bits per heavy atom. The van der Waals surface area contributed by atoms with Gasteiger partial charge in [-0.25, -0.2) is 0 Å². The third-order valence-corrected chi connectivity index (χ3v) is 4.51. The highest BCUT2D eigenvalue weighted by Gasteiger charge is 2.20. The van der Waals surface area contributed by atoms with Crippen LogP contribution in [0.3, 0.4) is 0 Å². The highest BCUT2D eigenvalue weighted by molar-refractivity contribution is 7.92. The molecule has 0 fully saturated rings. The van der Waals surface area contributed by atoms with Crippen LogP contribution in [0.15, 0.2) is 33.8 Å². The minimum atomic E-state index is -3.93. The van der Waals surface area contributed by atoms with E-state index >= 15 is 0 Å². The van der Waals surface area contributed by atoms with Gasteiger partial charge in [-0.2, -0.15) is 8.42 Å². The van der Waals surface area contributed by atoms with E-state index in [0.717, 1.165) is 5.56 Å². The van der Waals surface area contributed by atoms with Crippen molar-refractivity contribution in [3.8, 4) is 0 Å². The lowest BCUT2D eigenvalue weighted by atomic mass is 10.2. The maximum atomic E-state index is 12.1. The van der Waals surface area contributed by atoms with Crippen LogP contribution in [0.1, 0.15) is 11.3 Å². The van der Waals surface area contributed by atoms with Crippen LogP contribution in [-0.4, -0.2) is 13.5 Å². The van der Waals surface area contributed by atoms with E-state index in [-0.39, 0.29) is 28.2 Å². The van der Waals surface area contributed by atoms with Crippen LogP contribution in [0.25, 0.3) is 0 Å². The monoisotopic (exact) mass is 335 g/mol. The average molecular weight is 336 g/mol. The zero-order valence-corrected chi connectivity index (χ0v) is 12.7. The van der Waals surface area contributed by atoms with Crippen molar-refractivity contribution in [3.63, 3.8) is 0 Å². The molecule has 2 aromatic rings. The van der Waals surface area contributed by atoms with Crippen LogP contribution < -0.4 is 4.72 Å². The molecular weight excluding hydrogens is 325 g/mol. The lowest BCUT2D eigenvalue weighted by molar-refractivity contribution is 0.236. The van der Waals surface area contributed by atoms with Crippen molar-refractivity contribution < 1.29 is 17.9 Å². The van der Waals surface area contributed by atoms with Gasteiger partial charge in [-0.3, -0.25) is 4.72 Å². The Balaban J connectivity index is 2.35. The van der Waals surface area contributed by atoms with E-state index in [1.165, 1.54) is 18.2 Å². The second-order valence-corrected chi connectivity index (χ2v) is 6.49. The number of halogens is 2. The fourth-order valence-corrected chi connectivity index (χ4v) is 3.02. The van der Waals surface area contributed by atoms with Crippen molar-refractivity contribution in [1.82, 2.24) is 0 Å². The van der Waals surface area contributed by atoms with Crippen LogP contribution >= 0.6 is 23.2 Å². The number of furan rings is 1. The largest absolute Gasteiger partial charge is 0.445 e. The van der Waals surface area contributed by atoms with Gasteiger partial charge in [0.1, 0.15) is 12.4 Å². The summed E-state index contributed by atoms with van der Waals surface area (Å²) in [6, 6.07) is 5.60. The second-order valence-electron chi connectivity index (χ2n) is 4.07. The molecule has 0 spiro atoms. The van der Waals surface area contributed by atoms with Crippen molar-refractivity contribution >= 4 is 38.9 Å². The number of aryl methyl sites for hydroxylation is 1. The molecule has 0 atom stereocenters. The number of nitrogens with one attached hydrogen (secondary N) is 1. The molecule has 0 saturated heterocycles. The summed E-state index contributed by atoms with van der Waals surface area (Å²) in [6.07, 6.45) is 0. The lowest BCUT2D eigenvalue weighted by Crippen LogP contribution is -2.12. The smallest absolute Gasteiger partial charge is 0.295 e. The molecule has 0 radical (unpaired) electrons. The normalized spacial score (nSPS) is 11.6. The standard InChI is InChI=1S/C12H11Cl2NO4S/c1-7-4-10(14)11(5-9(7)13)15-20(17,18)12-3-2-8(6-16)19-12/h2-5,15-16H,6H2,1H3. The van der Waals surface area contributed by atoms with Gasteiger partial charge in [-0.05, 0) is 36.8 Å². The number of anilines is 1. The van der Waals surface area contributed by atoms with Gasteiger partial charge in [-0.1, -0.05) is 23.2 Å². The predicted molar refractivity (Wildman–Crippen MR) is 76.6 cm³/mol. The Morgan fingerprint density at radius 3 is 2.55 bits per heavy atom. The number of benzene rings is 1. The van der Waals surface area contributed by atoms with Gasteiger partial charge in [-0.15, -0.1) is 0 Å². The number of aliphatic hydroxyl groups excluding tert-OH is 1. The van der Waals surface area contributed by atoms with Gasteiger partial charge in [0.25, 0.3) is 10.0 Å². The van der Waals surface area contributed by atoms with Gasteiger partial charge in [0.2, 0.25) is 5.09 Å². The number of hydrogen-bond acceptors (Lipinski definition) is 4. The summed E-state index contributed by atoms with van der Waals surface area (Å²) in [7, 11) is -3.93. The molecule has 0 aliphatic rings. The highest BCUT2D eigenvalue weighted by Crippen LogP contribution is 2.30. The number of hydrogen-bond donors (Lipinski definition) is 2. The number of sulfonamides is 1. The molecule has 0 saturated carbocycles. The molecule has 0 amide bonds. The Labute approximate surface area is 126 Å². The van der Waals surface area contributed by atoms with Crippen LogP contribution in [0.5, 0.6) is 0 Å². The third kappa shape index (κ3) is 3.09. The van der Waals surface area contributed by atoms with E-state index in [4.69, 9.17) is 32.7 Å². The van der Waals surface area contributed by atoms with Gasteiger partial charge >= 0.3 is 0 Å². The zero-order chi connectivity index (χ0) is 14.9. The molecule has 1 aromatic carbocycles. The molecule has 1 aromatic heterocycles. The minimum absolute atomic E-state index is 0.151. The topological polar surface area (TPSA) is 79.5 Å². The molecule has 0 bridgehead atoms. The van der Waals surface area contributed by atoms with E-state index in [2.05, 4.69) is 4.72 Å². The van der Waals surface area contributed by atoms with E-state index in [9.17, 15) is 8.42 Å². The Kier molecular flexibility index (Phi) is 4.29. The molecule has 5 nitrogen and oxygen atoms in total. The average Bonchev–Trinajstić information content (AvgIpc) is 2.85. The molecule has 108 valence electrons. The van der Waals surface area contributed by atoms with Crippen molar-refractivity contribution in [2.45, 2.75) is 18.6 Å². The van der Waals surface area contributed by atoms with E-state index in [1.807, 2.05) is 0 Å². The van der Waals surface area contributed by atoms with Crippen LogP contribution in [0.2, 0.25) is 10.0 Å². The Morgan fingerprint density at radius 2 is 1.95 bits per heavy atom. The van der Waals surface area contributed by atoms with Crippen molar-refractivity contribution in [3.05, 3.63) is 45.6 Å². The maximum absolute atomic E-state index is 12.1. The quantitative estimate of drug-likeness (QED) is 0.899. The minimum Gasteiger partial charge on any atom is -0.445 e. The molecule has 0 aliphatic heterocycles. The fraction of sp³-hybridized carbons (Fsp3) is 0.167. The van der Waals surface area contributed by atoms with Gasteiger partial charge in [0.05, 0.1) is 10.7 Å². The summed E-state index contributed by atoms with van der Waals surface area (Å²) in [5, 5.41) is 9.18. The molecule has 0 aliphatic carbocycles. The summed E-state index contributed by atoms with van der Waals surface area (Å²) in [5.41, 5.74) is 0.893. The first kappa shape index (κ1) is 15.2. The van der Waals surface area contributed by atoms with E-state index in [0.29, 0.717) is 5.02 Å². The lowest BCUT2D eigenvalue weighted by Gasteiger charge is -2.09. The molecule has 8 heteroatoms. The van der Waals surface area contributed by atoms with Gasteiger partial charge in [0.15, 0.2) is 0 Å². The van der Waals surface area contributed by atoms with Crippen molar-refractivity contribution in [2.24, 2.45) is 0 Å². The number of rotatable bonds is 4. The van der Waals surface area contributed by atoms with Crippen molar-refractivity contribution in [1.29, 1.82) is 0 Å². The van der Waals surface area contributed by atoms with Gasteiger partial charge in [0, 0.05) is 5.02 Å². The first-order valence-corrected chi connectivity index (χ1v) is 7.75. The molecular formula is C12H11Cl2NO4S. The van der Waals surface area contributed by atoms with Crippen molar-refractivity contribution in [2.75, 3.05) is 4.72 Å². The van der Waals surface area contributed by atoms with E-state index < -0.39 is 10.0 Å². The summed E-state index contributed by atoms with van der Waals surface area (Å²) < 4.78 is 31.5. The third-order valence-electron chi connectivity index (χ3n) is 2.55. The van der Waals surface area contributed by atoms with Crippen LogP contribution in [-0.2, 0) is 16.6 Å². The van der Waals surface area contributed by atoms with Crippen LogP contribution in [0.4, 0.5) is 5.69 Å². The predicted octanol–water partition coefficient (Wildman–Crippen LogP) is 3.19. The maximum Gasteiger partial charge on any atom is 0.295 e. The Hall–Kier alpha value is -1.21. The first-order chi connectivity index (χ1) is 9.33. The van der Waals surface area contributed by atoms with E-state index in [1.54, 1.807) is 13.0 Å². The fourth-order valence-electron chi connectivity index (χ4n) is 1.51. The molecule has 20 heavy (non-hydrogen) atoms. The van der Waals surface area contributed by atoms with Gasteiger partial charge < -0.3 is 9.52 Å². The first-order valence-electron chi connectivity index (χ1n) is 5.51. The molecule has 2 N–H and O–H groups in total. The highest BCUT2D eigenvalue weighted by atomic mass is 35.5. The molecule has 2 rings (SSSR count). The molecule has 0 unspecified atom stereocenters. The molecule has 1 heterocycles. The summed E-state index contributed by atoms with van der Waals surface area (Å²) in [5.74, 6) is 0.151. The second kappa shape index (κ2) is 5.65. The van der Waals surface area contributed by atoms with Crippen LogP contribution in [0, 0.1) is 6.92 Å². The summed E-state index contributed by atoms with van der Waals surface area (Å²) in [6.45, 7) is 1.37.